The molecule has 2 aromatic carbocycles. The van der Waals surface area contributed by atoms with E-state index in [1.54, 1.807) is 24.3 Å². The SMILES string of the molecule is CC(C(=O)N1CCC2(CC1)CC2C(=O)Nc1cccc(F)c1)c1n[nH]c(=O)c2ccccc12. The van der Waals surface area contributed by atoms with Crippen molar-refractivity contribution >= 4 is 28.3 Å². The van der Waals surface area contributed by atoms with Crippen molar-refractivity contribution in [2.75, 3.05) is 18.4 Å². The number of amides is 2. The molecule has 2 aliphatic rings. The van der Waals surface area contributed by atoms with Crippen molar-refractivity contribution in [2.45, 2.75) is 32.1 Å². The predicted octanol–water partition coefficient (Wildman–Crippen LogP) is 3.43. The highest BCUT2D eigenvalue weighted by Gasteiger charge is 2.58. The molecule has 2 heterocycles. The molecule has 1 aromatic heterocycles. The molecule has 5 rings (SSSR count). The van der Waals surface area contributed by atoms with E-state index in [-0.39, 0.29) is 34.5 Å². The highest BCUT2D eigenvalue weighted by Crippen LogP contribution is 2.59. The number of halogens is 1. The number of likely N-dealkylation sites (tertiary alicyclic amines) is 1. The number of aromatic amines is 1. The predicted molar refractivity (Wildman–Crippen MR) is 122 cm³/mol. The molecule has 2 unspecified atom stereocenters. The molecule has 1 saturated carbocycles. The van der Waals surface area contributed by atoms with Crippen LogP contribution in [-0.2, 0) is 9.59 Å². The van der Waals surface area contributed by atoms with Gasteiger partial charge in [0.15, 0.2) is 0 Å². The number of hydrogen-bond acceptors (Lipinski definition) is 4. The molecule has 2 amide bonds. The van der Waals surface area contributed by atoms with E-state index < -0.39 is 5.92 Å². The standard InChI is InChI=1S/C25H25FN4O3/c1-15(21-18-7-2-3-8-19(18)22(31)29-28-21)24(33)30-11-9-25(10-12-30)14-20(25)23(32)27-17-6-4-5-16(26)13-17/h2-8,13,15,20H,9-12,14H2,1H3,(H,27,32)(H,29,31). The van der Waals surface area contributed by atoms with Gasteiger partial charge < -0.3 is 10.2 Å². The maximum atomic E-state index is 13.4. The molecule has 1 spiro atoms. The summed E-state index contributed by atoms with van der Waals surface area (Å²) in [5.74, 6) is -1.11. The van der Waals surface area contributed by atoms with Crippen LogP contribution in [0.25, 0.3) is 10.8 Å². The fraction of sp³-hybridized carbons (Fsp3) is 0.360. The van der Waals surface area contributed by atoms with Crippen LogP contribution in [0.5, 0.6) is 0 Å². The topological polar surface area (TPSA) is 95.2 Å². The Morgan fingerprint density at radius 2 is 1.88 bits per heavy atom. The molecule has 1 saturated heterocycles. The molecule has 0 radical (unpaired) electrons. The van der Waals surface area contributed by atoms with Gasteiger partial charge in [-0.15, -0.1) is 0 Å². The largest absolute Gasteiger partial charge is 0.342 e. The summed E-state index contributed by atoms with van der Waals surface area (Å²) in [7, 11) is 0. The number of piperidine rings is 1. The van der Waals surface area contributed by atoms with Crippen LogP contribution in [0.2, 0.25) is 0 Å². The van der Waals surface area contributed by atoms with Crippen molar-refractivity contribution < 1.29 is 14.0 Å². The van der Waals surface area contributed by atoms with Gasteiger partial charge in [-0.25, -0.2) is 9.49 Å². The molecule has 3 aromatic rings. The first kappa shape index (κ1) is 21.3. The molecule has 33 heavy (non-hydrogen) atoms. The van der Waals surface area contributed by atoms with E-state index in [2.05, 4.69) is 15.5 Å². The van der Waals surface area contributed by atoms with Crippen LogP contribution < -0.4 is 10.9 Å². The maximum absolute atomic E-state index is 13.4. The zero-order valence-electron chi connectivity index (χ0n) is 18.3. The van der Waals surface area contributed by atoms with E-state index in [1.165, 1.54) is 12.1 Å². The van der Waals surface area contributed by atoms with Crippen LogP contribution in [0.1, 0.15) is 37.8 Å². The first-order chi connectivity index (χ1) is 15.9. The fourth-order valence-corrected chi connectivity index (χ4v) is 5.10. The minimum atomic E-state index is -0.493. The van der Waals surface area contributed by atoms with Gasteiger partial charge in [0.25, 0.3) is 5.56 Å². The Balaban J connectivity index is 1.23. The summed E-state index contributed by atoms with van der Waals surface area (Å²) in [4.78, 5) is 39.8. The summed E-state index contributed by atoms with van der Waals surface area (Å²) in [6.45, 7) is 2.97. The lowest BCUT2D eigenvalue weighted by Crippen LogP contribution is -2.42. The van der Waals surface area contributed by atoms with Crippen LogP contribution >= 0.6 is 0 Å². The molecule has 2 fully saturated rings. The Morgan fingerprint density at radius 3 is 2.61 bits per heavy atom. The van der Waals surface area contributed by atoms with Gasteiger partial charge in [-0.2, -0.15) is 5.10 Å². The van der Waals surface area contributed by atoms with Crippen molar-refractivity contribution in [2.24, 2.45) is 11.3 Å². The van der Waals surface area contributed by atoms with Crippen molar-refractivity contribution in [1.29, 1.82) is 0 Å². The van der Waals surface area contributed by atoms with Gasteiger partial charge in [-0.3, -0.25) is 14.4 Å². The van der Waals surface area contributed by atoms with E-state index in [9.17, 15) is 18.8 Å². The second-order valence-corrected chi connectivity index (χ2v) is 9.15. The number of carbonyl (C=O) groups excluding carboxylic acids is 2. The van der Waals surface area contributed by atoms with Gasteiger partial charge >= 0.3 is 0 Å². The van der Waals surface area contributed by atoms with E-state index in [0.717, 1.165) is 19.3 Å². The summed E-state index contributed by atoms with van der Waals surface area (Å²) in [6.07, 6.45) is 2.30. The van der Waals surface area contributed by atoms with Gasteiger partial charge in [-0.1, -0.05) is 24.3 Å². The zero-order valence-corrected chi connectivity index (χ0v) is 18.3. The van der Waals surface area contributed by atoms with Gasteiger partial charge in [0.2, 0.25) is 11.8 Å². The molecular weight excluding hydrogens is 423 g/mol. The minimum absolute atomic E-state index is 0.0315. The molecule has 1 aliphatic heterocycles. The zero-order chi connectivity index (χ0) is 23.2. The van der Waals surface area contributed by atoms with Crippen LogP contribution in [0.15, 0.2) is 53.3 Å². The number of fused-ring (bicyclic) bond motifs is 1. The first-order valence-electron chi connectivity index (χ1n) is 11.2. The third kappa shape index (κ3) is 3.90. The minimum Gasteiger partial charge on any atom is -0.342 e. The Bertz CT molecular complexity index is 1300. The number of hydrogen-bond donors (Lipinski definition) is 2. The van der Waals surface area contributed by atoms with Gasteiger partial charge in [0, 0.05) is 30.1 Å². The number of nitrogens with zero attached hydrogens (tertiary/aromatic N) is 2. The Kier molecular flexibility index (Phi) is 5.23. The average molecular weight is 448 g/mol. The van der Waals surface area contributed by atoms with Crippen molar-refractivity contribution in [3.05, 3.63) is 70.4 Å². The second kappa shape index (κ2) is 8.10. The lowest BCUT2D eigenvalue weighted by atomic mass is 9.89. The Hall–Kier alpha value is -3.55. The second-order valence-electron chi connectivity index (χ2n) is 9.15. The maximum Gasteiger partial charge on any atom is 0.272 e. The Labute approximate surface area is 190 Å². The average Bonchev–Trinajstić information content (AvgIpc) is 3.52. The Morgan fingerprint density at radius 1 is 1.15 bits per heavy atom. The van der Waals surface area contributed by atoms with E-state index in [0.29, 0.717) is 35.2 Å². The fourth-order valence-electron chi connectivity index (χ4n) is 5.10. The number of rotatable bonds is 4. The number of nitrogens with one attached hydrogen (secondary N) is 2. The lowest BCUT2D eigenvalue weighted by Gasteiger charge is -2.34. The molecule has 1 aliphatic carbocycles. The number of aromatic nitrogens is 2. The summed E-state index contributed by atoms with van der Waals surface area (Å²) in [5, 5.41) is 10.7. The molecule has 8 heteroatoms. The normalized spacial score (nSPS) is 19.9. The molecule has 7 nitrogen and oxygen atoms in total. The van der Waals surface area contributed by atoms with Crippen LogP contribution in [0, 0.1) is 17.2 Å². The number of anilines is 1. The third-order valence-electron chi connectivity index (χ3n) is 7.18. The molecular formula is C25H25FN4O3. The van der Waals surface area contributed by atoms with Crippen LogP contribution in [-0.4, -0.2) is 40.0 Å². The van der Waals surface area contributed by atoms with Gasteiger partial charge in [0.1, 0.15) is 5.82 Å². The number of H-pyrrole nitrogens is 1. The van der Waals surface area contributed by atoms with Crippen LogP contribution in [0.3, 0.4) is 0 Å². The summed E-state index contributed by atoms with van der Waals surface area (Å²) in [6, 6.07) is 13.0. The lowest BCUT2D eigenvalue weighted by molar-refractivity contribution is -0.134. The quantitative estimate of drug-likeness (QED) is 0.639. The van der Waals surface area contributed by atoms with E-state index in [1.807, 2.05) is 24.0 Å². The van der Waals surface area contributed by atoms with Crippen molar-refractivity contribution in [3.8, 4) is 0 Å². The molecule has 0 bridgehead atoms. The third-order valence-corrected chi connectivity index (χ3v) is 7.18. The van der Waals surface area contributed by atoms with E-state index in [4.69, 9.17) is 0 Å². The first-order valence-corrected chi connectivity index (χ1v) is 11.2. The van der Waals surface area contributed by atoms with Gasteiger partial charge in [0.05, 0.1) is 17.0 Å². The van der Waals surface area contributed by atoms with Crippen molar-refractivity contribution in [1.82, 2.24) is 15.1 Å². The smallest absolute Gasteiger partial charge is 0.272 e. The van der Waals surface area contributed by atoms with Crippen molar-refractivity contribution in [3.63, 3.8) is 0 Å². The molecule has 170 valence electrons. The summed E-state index contributed by atoms with van der Waals surface area (Å²) in [5.41, 5.74) is 0.670. The monoisotopic (exact) mass is 448 g/mol. The number of carbonyl (C=O) groups is 2. The summed E-state index contributed by atoms with van der Waals surface area (Å²) >= 11 is 0. The summed E-state index contributed by atoms with van der Waals surface area (Å²) < 4.78 is 13.4. The molecule has 2 atom stereocenters. The van der Waals surface area contributed by atoms with E-state index >= 15 is 0 Å². The highest BCUT2D eigenvalue weighted by atomic mass is 19.1. The number of benzene rings is 2. The van der Waals surface area contributed by atoms with Crippen LogP contribution in [0.4, 0.5) is 10.1 Å². The highest BCUT2D eigenvalue weighted by molar-refractivity contribution is 5.95. The molecule has 2 N–H and O–H groups in total. The van der Waals surface area contributed by atoms with Gasteiger partial charge in [-0.05, 0) is 55.9 Å².